The molecule has 1 heterocycles. The minimum absolute atomic E-state index is 0.0502. The van der Waals surface area contributed by atoms with E-state index in [1.807, 2.05) is 0 Å². The van der Waals surface area contributed by atoms with E-state index in [9.17, 15) is 9.59 Å². The lowest BCUT2D eigenvalue weighted by atomic mass is 10.1. The van der Waals surface area contributed by atoms with E-state index in [-0.39, 0.29) is 12.0 Å². The van der Waals surface area contributed by atoms with Gasteiger partial charge in [0, 0.05) is 12.8 Å². The van der Waals surface area contributed by atoms with Crippen LogP contribution >= 0.6 is 11.6 Å². The van der Waals surface area contributed by atoms with E-state index in [0.29, 0.717) is 27.7 Å². The molecule has 0 unspecified atom stereocenters. The van der Waals surface area contributed by atoms with Gasteiger partial charge in [-0.2, -0.15) is 0 Å². The van der Waals surface area contributed by atoms with Crippen LogP contribution in [0.3, 0.4) is 0 Å². The van der Waals surface area contributed by atoms with Crippen LogP contribution in [0.1, 0.15) is 18.2 Å². The zero-order chi connectivity index (χ0) is 16.3. The van der Waals surface area contributed by atoms with Gasteiger partial charge < -0.3 is 4.74 Å². The monoisotopic (exact) mass is 321 g/mol. The third-order valence-electron chi connectivity index (χ3n) is 3.30. The Morgan fingerprint density at radius 1 is 1.41 bits per heavy atom. The Balaban J connectivity index is 2.66. The number of methoxy groups -OCH3 is 1. The molecule has 0 amide bonds. The summed E-state index contributed by atoms with van der Waals surface area (Å²) in [5.41, 5.74) is 1.53. The smallest absolute Gasteiger partial charge is 0.311 e. The van der Waals surface area contributed by atoms with Crippen LogP contribution in [0, 0.1) is 0 Å². The van der Waals surface area contributed by atoms with Crippen LogP contribution < -0.4 is 5.56 Å². The standard InChI is InChI=1S/C15H16ClN3O3/c1-9(17-2)14-11(8-13(20)22-3)18-19(15(14)21)12-7-5-4-6-10(12)16/h4-7,18H,8H2,1-3H3. The van der Waals surface area contributed by atoms with Gasteiger partial charge in [-0.3, -0.25) is 19.7 Å². The Kier molecular flexibility index (Phi) is 4.82. The number of halogens is 1. The van der Waals surface area contributed by atoms with Crippen LogP contribution in [0.25, 0.3) is 5.69 Å². The second-order valence-corrected chi connectivity index (χ2v) is 5.03. The van der Waals surface area contributed by atoms with E-state index in [2.05, 4.69) is 14.8 Å². The lowest BCUT2D eigenvalue weighted by molar-refractivity contribution is -0.139. The first-order chi connectivity index (χ1) is 10.5. The van der Waals surface area contributed by atoms with Crippen molar-refractivity contribution in [1.82, 2.24) is 9.78 Å². The minimum Gasteiger partial charge on any atom is -0.469 e. The van der Waals surface area contributed by atoms with Gasteiger partial charge in [0.05, 0.1) is 35.5 Å². The number of aromatic amines is 1. The predicted molar refractivity (Wildman–Crippen MR) is 85.3 cm³/mol. The van der Waals surface area contributed by atoms with Gasteiger partial charge in [0.15, 0.2) is 0 Å². The van der Waals surface area contributed by atoms with Gasteiger partial charge in [-0.25, -0.2) is 4.68 Å². The van der Waals surface area contributed by atoms with Crippen molar-refractivity contribution in [3.63, 3.8) is 0 Å². The molecule has 0 spiro atoms. The fourth-order valence-electron chi connectivity index (χ4n) is 2.11. The maximum atomic E-state index is 12.7. The average Bonchev–Trinajstić information content (AvgIpc) is 2.83. The Morgan fingerprint density at radius 3 is 2.68 bits per heavy atom. The molecule has 7 heteroatoms. The van der Waals surface area contributed by atoms with Gasteiger partial charge in [-0.05, 0) is 19.1 Å². The molecule has 6 nitrogen and oxygen atoms in total. The number of aromatic nitrogens is 2. The van der Waals surface area contributed by atoms with Gasteiger partial charge in [0.25, 0.3) is 5.56 Å². The fourth-order valence-corrected chi connectivity index (χ4v) is 2.33. The molecule has 0 saturated heterocycles. The number of para-hydroxylation sites is 1. The Labute approximate surface area is 132 Å². The van der Waals surface area contributed by atoms with E-state index in [0.717, 1.165) is 0 Å². The van der Waals surface area contributed by atoms with E-state index in [4.69, 9.17) is 11.6 Å². The number of hydrogen-bond donors (Lipinski definition) is 1. The summed E-state index contributed by atoms with van der Waals surface area (Å²) < 4.78 is 5.98. The van der Waals surface area contributed by atoms with Crippen LogP contribution in [0.5, 0.6) is 0 Å². The highest BCUT2D eigenvalue weighted by Gasteiger charge is 2.20. The summed E-state index contributed by atoms with van der Waals surface area (Å²) in [6.07, 6.45) is -0.0502. The van der Waals surface area contributed by atoms with Crippen molar-refractivity contribution in [1.29, 1.82) is 0 Å². The molecule has 116 valence electrons. The van der Waals surface area contributed by atoms with E-state index >= 15 is 0 Å². The number of aliphatic imine (C=N–C) groups is 1. The zero-order valence-corrected chi connectivity index (χ0v) is 13.3. The van der Waals surface area contributed by atoms with Crippen LogP contribution in [-0.2, 0) is 16.0 Å². The summed E-state index contributed by atoms with van der Waals surface area (Å²) in [7, 11) is 2.88. The molecule has 0 radical (unpaired) electrons. The molecular weight excluding hydrogens is 306 g/mol. The Hall–Kier alpha value is -2.34. The van der Waals surface area contributed by atoms with Crippen molar-refractivity contribution >= 4 is 23.3 Å². The maximum Gasteiger partial charge on any atom is 0.311 e. The minimum atomic E-state index is -0.447. The lowest BCUT2D eigenvalue weighted by Gasteiger charge is -2.03. The third kappa shape index (κ3) is 2.96. The number of carbonyl (C=O) groups excluding carboxylic acids is 1. The van der Waals surface area contributed by atoms with Gasteiger partial charge in [0.2, 0.25) is 0 Å². The van der Waals surface area contributed by atoms with Crippen LogP contribution in [-0.4, -0.2) is 35.6 Å². The topological polar surface area (TPSA) is 76.4 Å². The number of esters is 1. The molecule has 0 atom stereocenters. The second-order valence-electron chi connectivity index (χ2n) is 4.62. The highest BCUT2D eigenvalue weighted by Crippen LogP contribution is 2.19. The number of benzene rings is 1. The van der Waals surface area contributed by atoms with Crippen molar-refractivity contribution in [3.8, 4) is 5.69 Å². The highest BCUT2D eigenvalue weighted by atomic mass is 35.5. The highest BCUT2D eigenvalue weighted by molar-refractivity contribution is 6.32. The zero-order valence-electron chi connectivity index (χ0n) is 12.5. The van der Waals surface area contributed by atoms with Crippen molar-refractivity contribution in [2.45, 2.75) is 13.3 Å². The van der Waals surface area contributed by atoms with Gasteiger partial charge >= 0.3 is 5.97 Å². The molecule has 0 aliphatic rings. The predicted octanol–water partition coefficient (Wildman–Crippen LogP) is 1.97. The molecule has 2 aromatic rings. The molecule has 1 aromatic heterocycles. The van der Waals surface area contributed by atoms with Crippen molar-refractivity contribution < 1.29 is 9.53 Å². The largest absolute Gasteiger partial charge is 0.469 e. The number of nitrogens with one attached hydrogen (secondary N) is 1. The Morgan fingerprint density at radius 2 is 2.09 bits per heavy atom. The molecule has 0 saturated carbocycles. The number of ether oxygens (including phenoxy) is 1. The number of hydrogen-bond acceptors (Lipinski definition) is 4. The SMILES string of the molecule is CN=C(C)c1c(CC(=O)OC)[nH]n(-c2ccccc2Cl)c1=O. The molecule has 1 aromatic carbocycles. The fraction of sp³-hybridized carbons (Fsp3) is 0.267. The quantitative estimate of drug-likeness (QED) is 0.691. The number of rotatable bonds is 4. The van der Waals surface area contributed by atoms with Crippen molar-refractivity contribution in [2.75, 3.05) is 14.2 Å². The van der Waals surface area contributed by atoms with Gasteiger partial charge in [-0.15, -0.1) is 0 Å². The van der Waals surface area contributed by atoms with Crippen LogP contribution in [0.15, 0.2) is 34.1 Å². The summed E-state index contributed by atoms with van der Waals surface area (Å²) in [4.78, 5) is 28.2. The summed E-state index contributed by atoms with van der Waals surface area (Å²) in [6, 6.07) is 6.94. The first-order valence-corrected chi connectivity index (χ1v) is 6.96. The molecule has 0 aliphatic heterocycles. The molecule has 2 rings (SSSR count). The maximum absolute atomic E-state index is 12.7. The second kappa shape index (κ2) is 6.62. The van der Waals surface area contributed by atoms with E-state index in [1.165, 1.54) is 11.8 Å². The number of carbonyl (C=O) groups is 1. The molecule has 1 N–H and O–H groups in total. The molecule has 0 aliphatic carbocycles. The van der Waals surface area contributed by atoms with E-state index in [1.54, 1.807) is 38.2 Å². The summed E-state index contributed by atoms with van der Waals surface area (Å²) in [5, 5.41) is 3.35. The van der Waals surface area contributed by atoms with E-state index < -0.39 is 5.97 Å². The molecule has 0 bridgehead atoms. The first-order valence-electron chi connectivity index (χ1n) is 6.59. The van der Waals surface area contributed by atoms with Gasteiger partial charge in [-0.1, -0.05) is 23.7 Å². The molecule has 0 fully saturated rings. The summed E-state index contributed by atoms with van der Waals surface area (Å²) >= 11 is 6.14. The average molecular weight is 322 g/mol. The molecule has 22 heavy (non-hydrogen) atoms. The normalized spacial score (nSPS) is 11.5. The van der Waals surface area contributed by atoms with Crippen molar-refractivity contribution in [3.05, 3.63) is 50.9 Å². The third-order valence-corrected chi connectivity index (χ3v) is 3.62. The molecular formula is C15H16ClN3O3. The van der Waals surface area contributed by atoms with Gasteiger partial charge in [0.1, 0.15) is 0 Å². The summed E-state index contributed by atoms with van der Waals surface area (Å²) in [6.45, 7) is 1.71. The number of nitrogens with zero attached hydrogens (tertiary/aromatic N) is 2. The summed E-state index contributed by atoms with van der Waals surface area (Å²) in [5.74, 6) is -0.447. The number of H-pyrrole nitrogens is 1. The Bertz CT molecular complexity index is 790. The van der Waals surface area contributed by atoms with Crippen LogP contribution in [0.2, 0.25) is 5.02 Å². The van der Waals surface area contributed by atoms with Crippen molar-refractivity contribution in [2.24, 2.45) is 4.99 Å². The van der Waals surface area contributed by atoms with Crippen LogP contribution in [0.4, 0.5) is 0 Å². The first kappa shape index (κ1) is 16.0. The lowest BCUT2D eigenvalue weighted by Crippen LogP contribution is -2.20.